The zero-order chi connectivity index (χ0) is 15.8. The Bertz CT molecular complexity index is 615. The Morgan fingerprint density at radius 1 is 1.27 bits per heavy atom. The fraction of sp³-hybridized carbons (Fsp3) is 0.412. The molecule has 5 heteroatoms. The van der Waals surface area contributed by atoms with Crippen molar-refractivity contribution in [1.82, 2.24) is 20.4 Å². The molecular formula is C17H25N5. The summed E-state index contributed by atoms with van der Waals surface area (Å²) < 4.78 is 1.84. The van der Waals surface area contributed by atoms with Gasteiger partial charge in [-0.2, -0.15) is 5.10 Å². The van der Waals surface area contributed by atoms with E-state index in [1.807, 2.05) is 17.9 Å². The molecular weight excluding hydrogens is 274 g/mol. The highest BCUT2D eigenvalue weighted by Crippen LogP contribution is 2.03. The van der Waals surface area contributed by atoms with Crippen LogP contribution in [-0.4, -0.2) is 29.3 Å². The highest BCUT2D eigenvalue weighted by molar-refractivity contribution is 5.79. The molecule has 0 saturated heterocycles. The van der Waals surface area contributed by atoms with Gasteiger partial charge in [0.05, 0.1) is 6.20 Å². The molecule has 2 rings (SSSR count). The quantitative estimate of drug-likeness (QED) is 0.487. The monoisotopic (exact) mass is 299 g/mol. The Kier molecular flexibility index (Phi) is 6.01. The first-order valence-electron chi connectivity index (χ1n) is 7.65. The number of guanidine groups is 1. The van der Waals surface area contributed by atoms with Gasteiger partial charge in [0, 0.05) is 33.4 Å². The summed E-state index contributed by atoms with van der Waals surface area (Å²) in [7, 11) is 3.74. The van der Waals surface area contributed by atoms with Crippen LogP contribution in [0.5, 0.6) is 0 Å². The number of aromatic nitrogens is 2. The van der Waals surface area contributed by atoms with Gasteiger partial charge in [-0.1, -0.05) is 29.8 Å². The second kappa shape index (κ2) is 8.22. The predicted molar refractivity (Wildman–Crippen MR) is 90.9 cm³/mol. The molecule has 22 heavy (non-hydrogen) atoms. The van der Waals surface area contributed by atoms with Crippen LogP contribution in [-0.2, 0) is 20.0 Å². The predicted octanol–water partition coefficient (Wildman–Crippen LogP) is 2.03. The first-order valence-corrected chi connectivity index (χ1v) is 7.65. The first-order chi connectivity index (χ1) is 10.7. The average molecular weight is 299 g/mol. The summed E-state index contributed by atoms with van der Waals surface area (Å²) in [5.74, 6) is 0.840. The van der Waals surface area contributed by atoms with Crippen molar-refractivity contribution >= 4 is 5.96 Å². The van der Waals surface area contributed by atoms with Crippen molar-refractivity contribution < 1.29 is 0 Å². The van der Waals surface area contributed by atoms with Gasteiger partial charge < -0.3 is 10.6 Å². The Hall–Kier alpha value is -2.30. The molecule has 0 amide bonds. The van der Waals surface area contributed by atoms with Gasteiger partial charge in [-0.25, -0.2) is 0 Å². The molecule has 1 heterocycles. The average Bonchev–Trinajstić information content (AvgIpc) is 2.92. The van der Waals surface area contributed by atoms with Gasteiger partial charge in [0.15, 0.2) is 5.96 Å². The number of rotatable bonds is 6. The van der Waals surface area contributed by atoms with Crippen molar-refractivity contribution in [2.75, 3.05) is 13.6 Å². The maximum absolute atomic E-state index is 4.25. The number of nitrogens with zero attached hydrogens (tertiary/aromatic N) is 3. The van der Waals surface area contributed by atoms with Crippen LogP contribution < -0.4 is 10.6 Å². The lowest BCUT2D eigenvalue weighted by molar-refractivity contribution is 0.739. The third kappa shape index (κ3) is 5.24. The van der Waals surface area contributed by atoms with E-state index in [-0.39, 0.29) is 0 Å². The van der Waals surface area contributed by atoms with Crippen LogP contribution in [0.2, 0.25) is 0 Å². The van der Waals surface area contributed by atoms with Crippen molar-refractivity contribution in [3.63, 3.8) is 0 Å². The zero-order valence-corrected chi connectivity index (χ0v) is 13.6. The fourth-order valence-corrected chi connectivity index (χ4v) is 2.33. The normalized spacial score (nSPS) is 11.5. The Morgan fingerprint density at radius 3 is 2.82 bits per heavy atom. The summed E-state index contributed by atoms with van der Waals surface area (Å²) >= 11 is 0. The summed E-state index contributed by atoms with van der Waals surface area (Å²) in [5, 5.41) is 10.9. The zero-order valence-electron chi connectivity index (χ0n) is 13.6. The summed E-state index contributed by atoms with van der Waals surface area (Å²) in [4.78, 5) is 4.25. The van der Waals surface area contributed by atoms with E-state index >= 15 is 0 Å². The van der Waals surface area contributed by atoms with E-state index in [0.717, 1.165) is 31.9 Å². The molecule has 0 fully saturated rings. The van der Waals surface area contributed by atoms with Crippen molar-refractivity contribution in [3.8, 4) is 0 Å². The SMILES string of the molecule is CN=C(NCCCc1cnn(C)c1)NCc1cccc(C)c1. The van der Waals surface area contributed by atoms with Crippen molar-refractivity contribution in [2.45, 2.75) is 26.3 Å². The van der Waals surface area contributed by atoms with Crippen molar-refractivity contribution in [2.24, 2.45) is 12.0 Å². The van der Waals surface area contributed by atoms with Gasteiger partial charge in [0.1, 0.15) is 0 Å². The molecule has 1 aromatic carbocycles. The van der Waals surface area contributed by atoms with Gasteiger partial charge in [-0.05, 0) is 30.9 Å². The van der Waals surface area contributed by atoms with Crippen LogP contribution in [0.15, 0.2) is 41.7 Å². The highest BCUT2D eigenvalue weighted by atomic mass is 15.2. The minimum absolute atomic E-state index is 0.782. The topological polar surface area (TPSA) is 54.2 Å². The van der Waals surface area contributed by atoms with E-state index in [2.05, 4.69) is 58.1 Å². The standard InChI is InChI=1S/C17H25N5/c1-14-6-4-7-15(10-14)11-20-17(18-2)19-9-5-8-16-12-21-22(3)13-16/h4,6-7,10,12-13H,5,8-9,11H2,1-3H3,(H2,18,19,20). The molecule has 0 bridgehead atoms. The minimum Gasteiger partial charge on any atom is -0.356 e. The van der Waals surface area contributed by atoms with Crippen LogP contribution in [0.25, 0.3) is 0 Å². The number of benzene rings is 1. The molecule has 1 aromatic heterocycles. The van der Waals surface area contributed by atoms with Crippen LogP contribution in [0.3, 0.4) is 0 Å². The van der Waals surface area contributed by atoms with Gasteiger partial charge in [-0.15, -0.1) is 0 Å². The number of nitrogens with one attached hydrogen (secondary N) is 2. The fourth-order valence-electron chi connectivity index (χ4n) is 2.33. The number of aryl methyl sites for hydroxylation is 3. The summed E-state index contributed by atoms with van der Waals surface area (Å²) in [6.07, 6.45) is 6.06. The molecule has 2 N–H and O–H groups in total. The number of aliphatic imine (C=N–C) groups is 1. The third-order valence-corrected chi connectivity index (χ3v) is 3.46. The van der Waals surface area contributed by atoms with E-state index in [1.54, 1.807) is 7.05 Å². The molecule has 0 spiro atoms. The van der Waals surface area contributed by atoms with E-state index in [0.29, 0.717) is 0 Å². The molecule has 118 valence electrons. The summed E-state index contributed by atoms with van der Waals surface area (Å²) in [6, 6.07) is 8.49. The lowest BCUT2D eigenvalue weighted by atomic mass is 10.1. The van der Waals surface area contributed by atoms with Gasteiger partial charge >= 0.3 is 0 Å². The maximum atomic E-state index is 4.25. The first kappa shape index (κ1) is 16.1. The molecule has 0 aliphatic heterocycles. The number of hydrogen-bond donors (Lipinski definition) is 2. The van der Waals surface area contributed by atoms with E-state index in [1.165, 1.54) is 16.7 Å². The van der Waals surface area contributed by atoms with E-state index in [4.69, 9.17) is 0 Å². The van der Waals surface area contributed by atoms with Crippen LogP contribution in [0.1, 0.15) is 23.1 Å². The van der Waals surface area contributed by atoms with Gasteiger partial charge in [-0.3, -0.25) is 9.67 Å². The summed E-state index contributed by atoms with van der Waals surface area (Å²) in [6.45, 7) is 3.78. The molecule has 5 nitrogen and oxygen atoms in total. The van der Waals surface area contributed by atoms with Gasteiger partial charge in [0.2, 0.25) is 0 Å². The molecule has 0 atom stereocenters. The van der Waals surface area contributed by atoms with Crippen LogP contribution in [0, 0.1) is 6.92 Å². The maximum Gasteiger partial charge on any atom is 0.191 e. The summed E-state index contributed by atoms with van der Waals surface area (Å²) in [5.41, 5.74) is 3.81. The molecule has 2 aromatic rings. The smallest absolute Gasteiger partial charge is 0.191 e. The molecule has 0 unspecified atom stereocenters. The van der Waals surface area contributed by atoms with E-state index < -0.39 is 0 Å². The Balaban J connectivity index is 1.69. The van der Waals surface area contributed by atoms with Crippen LogP contribution >= 0.6 is 0 Å². The molecule has 0 saturated carbocycles. The lowest BCUT2D eigenvalue weighted by Crippen LogP contribution is -2.37. The largest absolute Gasteiger partial charge is 0.356 e. The van der Waals surface area contributed by atoms with Crippen molar-refractivity contribution in [3.05, 3.63) is 53.3 Å². The van der Waals surface area contributed by atoms with Crippen molar-refractivity contribution in [1.29, 1.82) is 0 Å². The second-order valence-corrected chi connectivity index (χ2v) is 5.47. The highest BCUT2D eigenvalue weighted by Gasteiger charge is 2.00. The molecule has 0 aliphatic rings. The molecule has 0 radical (unpaired) electrons. The molecule has 0 aliphatic carbocycles. The van der Waals surface area contributed by atoms with E-state index in [9.17, 15) is 0 Å². The lowest BCUT2D eigenvalue weighted by Gasteiger charge is -2.12. The third-order valence-electron chi connectivity index (χ3n) is 3.46. The Labute approximate surface area is 132 Å². The van der Waals surface area contributed by atoms with Crippen LogP contribution in [0.4, 0.5) is 0 Å². The number of hydrogen-bond acceptors (Lipinski definition) is 2. The van der Waals surface area contributed by atoms with Gasteiger partial charge in [0.25, 0.3) is 0 Å². The minimum atomic E-state index is 0.782. The Morgan fingerprint density at radius 2 is 2.14 bits per heavy atom. The second-order valence-electron chi connectivity index (χ2n) is 5.47.